The van der Waals surface area contributed by atoms with Crippen LogP contribution in [0.3, 0.4) is 0 Å². The monoisotopic (exact) mass is 559 g/mol. The van der Waals surface area contributed by atoms with E-state index in [2.05, 4.69) is 48.2 Å². The number of nitrogens with zero attached hydrogens (tertiary/aromatic N) is 1. The fourth-order valence-corrected chi connectivity index (χ4v) is 9.65. The number of carbonyl (C=O) groups excluding carboxylic acids is 1. The number of ether oxygens (including phenoxy) is 3. The molecule has 41 heavy (non-hydrogen) atoms. The molecule has 4 aliphatic heterocycles. The first kappa shape index (κ1) is 27.3. The Balaban J connectivity index is 1.26. The van der Waals surface area contributed by atoms with Gasteiger partial charge in [0.2, 0.25) is 5.76 Å². The van der Waals surface area contributed by atoms with E-state index in [1.807, 2.05) is 0 Å². The molecule has 1 aromatic carbocycles. The van der Waals surface area contributed by atoms with Gasteiger partial charge in [0, 0.05) is 30.5 Å². The van der Waals surface area contributed by atoms with Crippen LogP contribution in [0, 0.1) is 29.6 Å². The van der Waals surface area contributed by atoms with Crippen LogP contribution in [-0.2, 0) is 19.0 Å². The highest BCUT2D eigenvalue weighted by Gasteiger charge is 2.56. The minimum absolute atomic E-state index is 0.0338. The zero-order valence-corrected chi connectivity index (χ0v) is 24.8. The number of hydrogen-bond acceptors (Lipinski definition) is 6. The standard InChI is InChI=1S/C35H45NO5/c1-20-30-27-19-26-24(23-12-5-4-6-13-23)15-16-25(26)31(28(37)18-22-10-7-8-11-22)36(27)17-9-14-29(30)40-33(20)34-32(39-3)21(2)35(38)41-34/h4-6,12-14,20,22,24-28,30-31,37H,7-11,15-19H2,1-3H3. The molecule has 8 atom stereocenters. The van der Waals surface area contributed by atoms with Crippen LogP contribution in [0.2, 0.25) is 0 Å². The van der Waals surface area contributed by atoms with E-state index in [0.717, 1.165) is 31.6 Å². The van der Waals surface area contributed by atoms with E-state index in [9.17, 15) is 9.90 Å². The van der Waals surface area contributed by atoms with Crippen molar-refractivity contribution in [2.75, 3.05) is 13.7 Å². The molecule has 0 radical (unpaired) electrons. The Bertz CT molecular complexity index is 1260. The Morgan fingerprint density at radius 2 is 1.85 bits per heavy atom. The van der Waals surface area contributed by atoms with Crippen LogP contribution >= 0.6 is 0 Å². The third kappa shape index (κ3) is 4.57. The zero-order valence-electron chi connectivity index (χ0n) is 24.8. The number of allylic oxidation sites excluding steroid dienone is 1. The SMILES string of the molecule is COC1=C(C)C(=O)OC1=C1OC2=CCCN3C(CC4C(c5ccccc5)CCC4C3C(O)CC3CCCC3)C2C1C. The molecule has 6 nitrogen and oxygen atoms in total. The van der Waals surface area contributed by atoms with Gasteiger partial charge in [-0.2, -0.15) is 0 Å². The van der Waals surface area contributed by atoms with E-state index in [0.29, 0.717) is 46.5 Å². The van der Waals surface area contributed by atoms with Gasteiger partial charge in [0.15, 0.2) is 11.5 Å². The topological polar surface area (TPSA) is 68.2 Å². The largest absolute Gasteiger partial charge is 0.492 e. The first-order valence-electron chi connectivity index (χ1n) is 16.0. The lowest BCUT2D eigenvalue weighted by atomic mass is 9.68. The minimum Gasteiger partial charge on any atom is -0.492 e. The normalized spacial score (nSPS) is 38.1. The van der Waals surface area contributed by atoms with Crippen LogP contribution in [0.1, 0.15) is 83.1 Å². The lowest BCUT2D eigenvalue weighted by Gasteiger charge is -2.52. The van der Waals surface area contributed by atoms with Crippen molar-refractivity contribution in [3.05, 3.63) is 70.6 Å². The molecular weight excluding hydrogens is 514 g/mol. The van der Waals surface area contributed by atoms with Crippen molar-refractivity contribution in [1.29, 1.82) is 0 Å². The summed E-state index contributed by atoms with van der Waals surface area (Å²) in [5.41, 5.74) is 1.93. The molecule has 2 saturated carbocycles. The molecular formula is C35H45NO5. The first-order chi connectivity index (χ1) is 20.0. The van der Waals surface area contributed by atoms with Crippen LogP contribution in [-0.4, -0.2) is 47.8 Å². The van der Waals surface area contributed by atoms with Gasteiger partial charge >= 0.3 is 5.97 Å². The maximum absolute atomic E-state index is 12.5. The molecule has 7 rings (SSSR count). The summed E-state index contributed by atoms with van der Waals surface area (Å²) in [6.07, 6.45) is 12.4. The predicted octanol–water partition coefficient (Wildman–Crippen LogP) is 6.44. The van der Waals surface area contributed by atoms with Crippen molar-refractivity contribution >= 4 is 5.97 Å². The van der Waals surface area contributed by atoms with E-state index in [1.165, 1.54) is 44.1 Å². The van der Waals surface area contributed by atoms with E-state index in [-0.39, 0.29) is 36.0 Å². The maximum Gasteiger partial charge on any atom is 0.343 e. The van der Waals surface area contributed by atoms with Crippen molar-refractivity contribution in [2.45, 2.75) is 95.7 Å². The minimum atomic E-state index is -0.366. The molecule has 6 aliphatic rings. The summed E-state index contributed by atoms with van der Waals surface area (Å²) < 4.78 is 17.9. The molecule has 2 saturated heterocycles. The average Bonchev–Trinajstić information content (AvgIpc) is 3.74. The van der Waals surface area contributed by atoms with Crippen LogP contribution in [0.5, 0.6) is 0 Å². The predicted molar refractivity (Wildman–Crippen MR) is 156 cm³/mol. The Morgan fingerprint density at radius 3 is 2.61 bits per heavy atom. The summed E-state index contributed by atoms with van der Waals surface area (Å²) in [6.45, 7) is 4.91. The highest BCUT2D eigenvalue weighted by atomic mass is 16.6. The molecule has 220 valence electrons. The van der Waals surface area contributed by atoms with Gasteiger partial charge in [0.05, 0.1) is 18.8 Å². The molecule has 4 heterocycles. The second-order valence-corrected chi connectivity index (χ2v) is 13.5. The fraction of sp³-hybridized carbons (Fsp3) is 0.629. The Morgan fingerprint density at radius 1 is 1.07 bits per heavy atom. The van der Waals surface area contributed by atoms with Crippen molar-refractivity contribution in [2.24, 2.45) is 29.6 Å². The van der Waals surface area contributed by atoms with Crippen LogP contribution in [0.15, 0.2) is 65.0 Å². The second-order valence-electron chi connectivity index (χ2n) is 13.5. The third-order valence-corrected chi connectivity index (χ3v) is 11.4. The van der Waals surface area contributed by atoms with Crippen LogP contribution in [0.25, 0.3) is 0 Å². The Kier molecular flexibility index (Phi) is 7.27. The number of cyclic esters (lactones) is 1. The van der Waals surface area contributed by atoms with E-state index in [1.54, 1.807) is 14.0 Å². The quantitative estimate of drug-likeness (QED) is 0.419. The molecule has 0 spiro atoms. The number of methoxy groups -OCH3 is 1. The number of fused-ring (bicyclic) bond motifs is 4. The summed E-state index contributed by atoms with van der Waals surface area (Å²) in [7, 11) is 1.58. The number of piperidine rings is 1. The number of benzene rings is 1. The number of hydrogen-bond donors (Lipinski definition) is 1. The summed E-state index contributed by atoms with van der Waals surface area (Å²) in [5, 5.41) is 12.0. The van der Waals surface area contributed by atoms with Gasteiger partial charge in [-0.1, -0.05) is 62.9 Å². The first-order valence-corrected chi connectivity index (χ1v) is 16.0. The molecule has 0 amide bonds. The third-order valence-electron chi connectivity index (χ3n) is 11.4. The number of rotatable bonds is 5. The van der Waals surface area contributed by atoms with Gasteiger partial charge in [-0.3, -0.25) is 4.90 Å². The van der Waals surface area contributed by atoms with Gasteiger partial charge < -0.3 is 19.3 Å². The van der Waals surface area contributed by atoms with Crippen molar-refractivity contribution in [3.8, 4) is 0 Å². The van der Waals surface area contributed by atoms with E-state index in [4.69, 9.17) is 14.2 Å². The van der Waals surface area contributed by atoms with Crippen molar-refractivity contribution < 1.29 is 24.1 Å². The number of esters is 1. The molecule has 6 heteroatoms. The molecule has 0 bridgehead atoms. The zero-order chi connectivity index (χ0) is 28.2. The fourth-order valence-electron chi connectivity index (χ4n) is 9.65. The van der Waals surface area contributed by atoms with Crippen molar-refractivity contribution in [1.82, 2.24) is 4.90 Å². The van der Waals surface area contributed by atoms with Gasteiger partial charge in [-0.15, -0.1) is 0 Å². The second kappa shape index (κ2) is 10.9. The van der Waals surface area contributed by atoms with Gasteiger partial charge in [0.25, 0.3) is 0 Å². The Hall–Kier alpha value is -2.57. The maximum atomic E-state index is 12.5. The van der Waals surface area contributed by atoms with Gasteiger partial charge in [-0.05, 0) is 74.3 Å². The summed E-state index contributed by atoms with van der Waals surface area (Å²) in [5.74, 6) is 4.67. The highest BCUT2D eigenvalue weighted by molar-refractivity contribution is 5.93. The molecule has 4 fully saturated rings. The summed E-state index contributed by atoms with van der Waals surface area (Å²) >= 11 is 0. The van der Waals surface area contributed by atoms with E-state index >= 15 is 0 Å². The van der Waals surface area contributed by atoms with Gasteiger partial charge in [0.1, 0.15) is 5.76 Å². The van der Waals surface area contributed by atoms with Crippen LogP contribution < -0.4 is 0 Å². The lowest BCUT2D eigenvalue weighted by molar-refractivity contribution is -0.133. The molecule has 8 unspecified atom stereocenters. The number of aliphatic hydroxyl groups excluding tert-OH is 1. The number of aliphatic hydroxyl groups is 1. The molecule has 1 N–H and O–H groups in total. The lowest BCUT2D eigenvalue weighted by Crippen LogP contribution is -2.60. The van der Waals surface area contributed by atoms with Crippen molar-refractivity contribution in [3.63, 3.8) is 0 Å². The molecule has 0 aromatic heterocycles. The highest BCUT2D eigenvalue weighted by Crippen LogP contribution is 2.57. The summed E-state index contributed by atoms with van der Waals surface area (Å²) in [4.78, 5) is 15.2. The summed E-state index contributed by atoms with van der Waals surface area (Å²) in [6, 6.07) is 11.5. The number of carbonyl (C=O) groups is 1. The average molecular weight is 560 g/mol. The Labute approximate surface area is 244 Å². The van der Waals surface area contributed by atoms with Crippen LogP contribution in [0.4, 0.5) is 0 Å². The van der Waals surface area contributed by atoms with E-state index < -0.39 is 0 Å². The smallest absolute Gasteiger partial charge is 0.343 e. The molecule has 1 aromatic rings. The molecule has 2 aliphatic carbocycles. The van der Waals surface area contributed by atoms with Gasteiger partial charge in [-0.25, -0.2) is 4.79 Å².